The first kappa shape index (κ1) is 31.0. The summed E-state index contributed by atoms with van der Waals surface area (Å²) in [6.07, 6.45) is 6.53. The second-order valence-corrected chi connectivity index (χ2v) is 11.4. The van der Waals surface area contributed by atoms with Crippen LogP contribution in [0.15, 0.2) is 98.1 Å². The second-order valence-electron chi connectivity index (χ2n) is 8.55. The molecule has 224 valence electrons. The highest BCUT2D eigenvalue weighted by atomic mass is 32.2. The molecule has 18 heteroatoms. The minimum Gasteiger partial charge on any atom is -0.476 e. The fourth-order valence-electron chi connectivity index (χ4n) is 3.82. The van der Waals surface area contributed by atoms with Crippen LogP contribution in [0, 0.1) is 0 Å². The third kappa shape index (κ3) is 6.75. The lowest BCUT2D eigenvalue weighted by molar-refractivity contribution is -0.253. The Hall–Kier alpha value is -4.98. The van der Waals surface area contributed by atoms with Crippen molar-refractivity contribution in [1.29, 1.82) is 0 Å². The van der Waals surface area contributed by atoms with Crippen molar-refractivity contribution >= 4 is 49.6 Å². The molecule has 1 aromatic heterocycles. The molecule has 3 aromatic rings. The highest BCUT2D eigenvalue weighted by Crippen LogP contribution is 2.25. The number of carboxylic acids is 1. The smallest absolute Gasteiger partial charge is 0.357 e. The molecule has 2 heterocycles. The monoisotopic (exact) mass is 632 g/mol. The van der Waals surface area contributed by atoms with Crippen molar-refractivity contribution in [3.05, 3.63) is 100 Å². The number of hydrogen-bond acceptors (Lipinski definition) is 10. The Balaban J connectivity index is 1.58. The zero-order valence-electron chi connectivity index (χ0n) is 21.4. The largest absolute Gasteiger partial charge is 0.476 e. The number of carbonyl (C=O) groups is 2. The fourth-order valence-corrected chi connectivity index (χ4v) is 4.78. The van der Waals surface area contributed by atoms with E-state index in [1.165, 1.54) is 36.4 Å². The van der Waals surface area contributed by atoms with E-state index in [1.54, 1.807) is 0 Å². The van der Waals surface area contributed by atoms with Crippen molar-refractivity contribution in [1.82, 2.24) is 9.78 Å². The highest BCUT2D eigenvalue weighted by Gasteiger charge is 2.34. The number of nitrogens with one attached hydrogen (secondary N) is 1. The first-order valence-corrected chi connectivity index (χ1v) is 14.6. The van der Waals surface area contributed by atoms with Gasteiger partial charge in [-0.05, 0) is 60.7 Å². The van der Waals surface area contributed by atoms with Gasteiger partial charge >= 0.3 is 5.97 Å². The van der Waals surface area contributed by atoms with E-state index < -0.39 is 54.9 Å². The molecule has 0 atom stereocenters. The van der Waals surface area contributed by atoms with Crippen LogP contribution < -0.4 is 10.6 Å². The molecule has 16 nitrogen and oxygen atoms in total. The van der Waals surface area contributed by atoms with Crippen LogP contribution in [0.1, 0.15) is 11.3 Å². The van der Waals surface area contributed by atoms with Crippen LogP contribution in [-0.2, 0) is 41.3 Å². The van der Waals surface area contributed by atoms with Crippen LogP contribution in [0.25, 0.3) is 11.8 Å². The number of aliphatic carboxylic acids is 1. The van der Waals surface area contributed by atoms with E-state index in [0.29, 0.717) is 0 Å². The molecule has 0 saturated carbocycles. The van der Waals surface area contributed by atoms with Gasteiger partial charge in [0.15, 0.2) is 5.71 Å². The molecular weight excluding hydrogens is 612 g/mol. The van der Waals surface area contributed by atoms with Gasteiger partial charge in [0.05, 0.1) is 38.0 Å². The van der Waals surface area contributed by atoms with Gasteiger partial charge in [-0.1, -0.05) is 18.2 Å². The van der Waals surface area contributed by atoms with Crippen LogP contribution in [-0.4, -0.2) is 63.7 Å². The van der Waals surface area contributed by atoms with Crippen molar-refractivity contribution < 1.29 is 50.8 Å². The molecule has 1 aliphatic rings. The molecule has 1 aliphatic heterocycles. The van der Waals surface area contributed by atoms with E-state index in [1.807, 2.05) is 0 Å². The summed E-state index contributed by atoms with van der Waals surface area (Å²) in [6, 6.07) is 9.03. The molecule has 1 amide bonds. The van der Waals surface area contributed by atoms with Crippen LogP contribution in [0.3, 0.4) is 0 Å². The zero-order chi connectivity index (χ0) is 31.5. The van der Waals surface area contributed by atoms with Gasteiger partial charge in [-0.3, -0.25) is 29.1 Å². The number of aromatic amines is 1. The summed E-state index contributed by atoms with van der Waals surface area (Å²) < 4.78 is 64.3. The minimum absolute atomic E-state index is 0.0365. The number of carbonyl (C=O) groups excluding carboxylic acids is 1. The number of nitrogens with zero attached hydrogens (tertiary/aromatic N) is 3. The molecule has 0 fully saturated rings. The maximum atomic E-state index is 13.0. The van der Waals surface area contributed by atoms with E-state index in [2.05, 4.69) is 15.1 Å². The summed E-state index contributed by atoms with van der Waals surface area (Å²) in [5.74, 6) is -2.34. The number of allylic oxidation sites excluding steroid dienone is 4. The summed E-state index contributed by atoms with van der Waals surface area (Å²) in [5, 5.41) is 25.7. The summed E-state index contributed by atoms with van der Waals surface area (Å²) >= 11 is 0. The maximum absolute atomic E-state index is 13.0. The minimum atomic E-state index is -4.49. The van der Waals surface area contributed by atoms with Crippen LogP contribution in [0.4, 0.5) is 5.69 Å². The van der Waals surface area contributed by atoms with Crippen LogP contribution >= 0.6 is 0 Å². The molecule has 0 unspecified atom stereocenters. The summed E-state index contributed by atoms with van der Waals surface area (Å²) in [7, 11) is -8.94. The molecule has 0 radical (unpaired) electrons. The number of hydrogen-bond donors (Lipinski definition) is 5. The van der Waals surface area contributed by atoms with Crippen LogP contribution in [0.2, 0.25) is 0 Å². The van der Waals surface area contributed by atoms with E-state index >= 15 is 0 Å². The molecule has 2 aromatic carbocycles. The van der Waals surface area contributed by atoms with Crippen molar-refractivity contribution in [3.8, 4) is 5.69 Å². The van der Waals surface area contributed by atoms with Crippen molar-refractivity contribution in [2.75, 3.05) is 5.01 Å². The third-order valence-corrected chi connectivity index (χ3v) is 7.55. The lowest BCUT2D eigenvalue weighted by Gasteiger charge is -2.11. The Morgan fingerprint density at radius 3 is 1.95 bits per heavy atom. The molecule has 4 rings (SSSR count). The number of carboxylic acid groups (broad SMARTS) is 1. The number of benzene rings is 2. The first-order valence-electron chi connectivity index (χ1n) is 11.7. The lowest BCUT2D eigenvalue weighted by Crippen LogP contribution is -2.22. The predicted octanol–water partition coefficient (Wildman–Crippen LogP) is 1.63. The summed E-state index contributed by atoms with van der Waals surface area (Å²) in [4.78, 5) is 40.9. The average Bonchev–Trinajstić information content (AvgIpc) is 3.44. The quantitative estimate of drug-likeness (QED) is 0.0704. The number of anilines is 1. The Morgan fingerprint density at radius 1 is 0.884 bits per heavy atom. The molecule has 43 heavy (non-hydrogen) atoms. The first-order chi connectivity index (χ1) is 20.2. The normalized spacial score (nSPS) is 15.2. The van der Waals surface area contributed by atoms with Crippen LogP contribution in [0.5, 0.6) is 0 Å². The van der Waals surface area contributed by atoms with Gasteiger partial charge in [-0.15, -0.1) is 0 Å². The van der Waals surface area contributed by atoms with Gasteiger partial charge in [0.25, 0.3) is 31.7 Å². The molecule has 5 N–H and O–H groups in total. The number of amides is 1. The third-order valence-electron chi connectivity index (χ3n) is 5.81. The topological polar surface area (TPSA) is 246 Å². The zero-order valence-corrected chi connectivity index (χ0v) is 23.1. The summed E-state index contributed by atoms with van der Waals surface area (Å²) in [6.45, 7) is -0.424. The van der Waals surface area contributed by atoms with Crippen molar-refractivity contribution in [3.63, 3.8) is 0 Å². The van der Waals surface area contributed by atoms with Crippen molar-refractivity contribution in [2.45, 2.75) is 16.4 Å². The van der Waals surface area contributed by atoms with E-state index in [0.717, 1.165) is 52.2 Å². The predicted molar refractivity (Wildman–Crippen MR) is 149 cm³/mol. The Morgan fingerprint density at radius 2 is 1.44 bits per heavy atom. The van der Waals surface area contributed by atoms with E-state index in [-0.39, 0.29) is 33.1 Å². The molecule has 0 aliphatic carbocycles. The molecule has 0 saturated heterocycles. The van der Waals surface area contributed by atoms with Gasteiger partial charge < -0.3 is 5.11 Å². The number of aromatic nitrogens is 2. The van der Waals surface area contributed by atoms with Gasteiger partial charge in [-0.2, -0.15) is 26.9 Å². The Bertz CT molecular complexity index is 1990. The van der Waals surface area contributed by atoms with E-state index in [9.17, 15) is 36.3 Å². The Labute approximate surface area is 242 Å². The maximum Gasteiger partial charge on any atom is 0.357 e. The number of H-pyrrole nitrogens is 1. The molecule has 0 bridgehead atoms. The highest BCUT2D eigenvalue weighted by molar-refractivity contribution is 7.86. The van der Waals surface area contributed by atoms with Gasteiger partial charge in [-0.25, -0.2) is 14.4 Å². The second kappa shape index (κ2) is 12.1. The van der Waals surface area contributed by atoms with E-state index in [4.69, 9.17) is 14.4 Å². The average molecular weight is 633 g/mol. The molecular formula is C25H20N4O12S2. The number of hydrazone groups is 1. The lowest BCUT2D eigenvalue weighted by atomic mass is 10.1. The van der Waals surface area contributed by atoms with Crippen molar-refractivity contribution in [2.24, 2.45) is 5.10 Å². The summed E-state index contributed by atoms with van der Waals surface area (Å²) in [5.41, 5.74) is -1.09. The molecule has 0 spiro atoms. The Kier molecular flexibility index (Phi) is 8.71. The fraction of sp³-hybridized carbons (Fsp3) is 0.0400. The van der Waals surface area contributed by atoms with Gasteiger partial charge in [0, 0.05) is 0 Å². The van der Waals surface area contributed by atoms with Gasteiger partial charge in [0.2, 0.25) is 0 Å². The standard InChI is InChI=1S/C25H20N4O12S2/c30-23-19(21(14-41-34)26-28(23)15-6-10-17(11-7-15)42(35,36)37)4-2-1-3-5-20-22(25(32)33)27-29(24(20)31)16-8-12-18(13-9-16)43(38,39)40/h1-13,26,34H,14H2,(H,32,33)(H,35,36,37)(H,38,39,40). The van der Waals surface area contributed by atoms with Gasteiger partial charge in [0.1, 0.15) is 6.61 Å². The number of rotatable bonds is 10. The SMILES string of the molecule is O=C(O)C1=NN(c2ccc(S(=O)(=O)O)cc2)C(=O)C1=CC=CC=Cc1c(COO)[nH]n(-c2ccc(S(=O)(=O)O)cc2)c1=O.